The number of nitrogens with one attached hydrogen (secondary N) is 1. The number of carboxylic acid groups (broad SMARTS) is 1. The molecule has 8 nitrogen and oxygen atoms in total. The number of hydrogen-bond acceptors (Lipinski definition) is 5. The Hall–Kier alpha value is -1.96. The molecule has 0 fully saturated rings. The first-order chi connectivity index (χ1) is 9.72. The van der Waals surface area contributed by atoms with E-state index >= 15 is 0 Å². The second kappa shape index (κ2) is 9.06. The van der Waals surface area contributed by atoms with Gasteiger partial charge in [-0.15, -0.1) is 0 Å². The van der Waals surface area contributed by atoms with Crippen LogP contribution in [0.15, 0.2) is 0 Å². The summed E-state index contributed by atoms with van der Waals surface area (Å²) in [6, 6.07) is -2.12. The number of carbonyl (C=O) groups excluding carboxylic acids is 3. The highest BCUT2D eigenvalue weighted by Crippen LogP contribution is 2.11. The van der Waals surface area contributed by atoms with Crippen LogP contribution in [0.5, 0.6) is 0 Å². The fourth-order valence-electron chi connectivity index (χ4n) is 1.89. The van der Waals surface area contributed by atoms with E-state index in [2.05, 4.69) is 5.32 Å². The zero-order valence-electron chi connectivity index (χ0n) is 12.6. The van der Waals surface area contributed by atoms with Gasteiger partial charge in [-0.3, -0.25) is 24.1 Å². The van der Waals surface area contributed by atoms with Crippen LogP contribution in [0.1, 0.15) is 40.0 Å². The van der Waals surface area contributed by atoms with E-state index in [9.17, 15) is 19.2 Å². The van der Waals surface area contributed by atoms with Crippen molar-refractivity contribution in [2.75, 3.05) is 6.54 Å². The number of aliphatic carboxylic acids is 1. The molecule has 0 aliphatic rings. The Bertz CT molecular complexity index is 397. The van der Waals surface area contributed by atoms with E-state index in [1.807, 2.05) is 0 Å². The van der Waals surface area contributed by atoms with Crippen molar-refractivity contribution in [1.29, 1.82) is 0 Å². The Morgan fingerprint density at radius 2 is 1.67 bits per heavy atom. The summed E-state index contributed by atoms with van der Waals surface area (Å²) in [4.78, 5) is 46.9. The molecule has 0 spiro atoms. The minimum atomic E-state index is -1.19. The molecule has 0 bridgehead atoms. The van der Waals surface area contributed by atoms with Crippen molar-refractivity contribution in [2.45, 2.75) is 52.1 Å². The van der Waals surface area contributed by atoms with Crippen molar-refractivity contribution >= 4 is 23.7 Å². The minimum absolute atomic E-state index is 0.245. The Morgan fingerprint density at radius 3 is 2.05 bits per heavy atom. The van der Waals surface area contributed by atoms with E-state index < -0.39 is 35.8 Å². The van der Waals surface area contributed by atoms with Gasteiger partial charge in [-0.1, -0.05) is 0 Å². The highest BCUT2D eigenvalue weighted by molar-refractivity contribution is 5.99. The van der Waals surface area contributed by atoms with Crippen LogP contribution in [0, 0.1) is 0 Å². The fourth-order valence-corrected chi connectivity index (χ4v) is 1.89. The van der Waals surface area contributed by atoms with Crippen LogP contribution in [-0.2, 0) is 19.2 Å². The lowest BCUT2D eigenvalue weighted by atomic mass is 10.1. The molecule has 0 aliphatic carbocycles. The Morgan fingerprint density at radius 1 is 1.14 bits per heavy atom. The summed E-state index contributed by atoms with van der Waals surface area (Å²) in [6.07, 6.45) is 1.43. The maximum absolute atomic E-state index is 12.2. The molecule has 0 aromatic heterocycles. The summed E-state index contributed by atoms with van der Waals surface area (Å²) >= 11 is 0. The van der Waals surface area contributed by atoms with Gasteiger partial charge in [-0.2, -0.15) is 0 Å². The van der Waals surface area contributed by atoms with Gasteiger partial charge < -0.3 is 16.2 Å². The third-order valence-corrected chi connectivity index (χ3v) is 2.95. The average Bonchev–Trinajstić information content (AvgIpc) is 2.36. The van der Waals surface area contributed by atoms with Gasteiger partial charge in [0.15, 0.2) is 0 Å². The maximum atomic E-state index is 12.2. The molecule has 0 heterocycles. The fraction of sp³-hybridized carbons (Fsp3) is 0.692. The van der Waals surface area contributed by atoms with Gasteiger partial charge in [0.1, 0.15) is 12.1 Å². The van der Waals surface area contributed by atoms with Gasteiger partial charge in [0, 0.05) is 13.8 Å². The van der Waals surface area contributed by atoms with Crippen molar-refractivity contribution in [2.24, 2.45) is 5.73 Å². The highest BCUT2D eigenvalue weighted by atomic mass is 16.4. The van der Waals surface area contributed by atoms with E-state index in [0.717, 1.165) is 4.90 Å². The van der Waals surface area contributed by atoms with E-state index in [-0.39, 0.29) is 6.42 Å². The summed E-state index contributed by atoms with van der Waals surface area (Å²) in [7, 11) is 0. The molecule has 0 rings (SSSR count). The van der Waals surface area contributed by atoms with Crippen molar-refractivity contribution in [1.82, 2.24) is 10.2 Å². The molecule has 0 saturated heterocycles. The summed E-state index contributed by atoms with van der Waals surface area (Å²) in [6.45, 7) is 4.11. The molecule has 0 aromatic carbocycles. The molecule has 120 valence electrons. The van der Waals surface area contributed by atoms with Crippen molar-refractivity contribution < 1.29 is 24.3 Å². The summed E-state index contributed by atoms with van der Waals surface area (Å²) in [5.41, 5.74) is 5.38. The van der Waals surface area contributed by atoms with Crippen LogP contribution in [0.4, 0.5) is 0 Å². The molecule has 21 heavy (non-hydrogen) atoms. The number of nitrogens with two attached hydrogens (primary N) is 1. The number of nitrogens with zero attached hydrogens (tertiary/aromatic N) is 1. The lowest BCUT2D eigenvalue weighted by Crippen LogP contribution is -2.53. The number of imide groups is 1. The van der Waals surface area contributed by atoms with Crippen LogP contribution >= 0.6 is 0 Å². The monoisotopic (exact) mass is 301 g/mol. The normalized spacial score (nSPS) is 13.1. The molecule has 0 saturated carbocycles. The number of amides is 3. The van der Waals surface area contributed by atoms with Crippen LogP contribution in [0.3, 0.4) is 0 Å². The van der Waals surface area contributed by atoms with Gasteiger partial charge in [0.25, 0.3) is 0 Å². The largest absolute Gasteiger partial charge is 0.480 e. The molecule has 0 radical (unpaired) electrons. The molecule has 8 heteroatoms. The minimum Gasteiger partial charge on any atom is -0.480 e. The van der Waals surface area contributed by atoms with Gasteiger partial charge in [0.05, 0.1) is 0 Å². The lowest BCUT2D eigenvalue weighted by molar-refractivity contribution is -0.150. The van der Waals surface area contributed by atoms with Crippen LogP contribution in [0.2, 0.25) is 0 Å². The first-order valence-electron chi connectivity index (χ1n) is 6.76. The van der Waals surface area contributed by atoms with E-state index in [0.29, 0.717) is 19.4 Å². The summed E-state index contributed by atoms with van der Waals surface area (Å²) in [5.74, 6) is -2.97. The molecular formula is C13H23N3O5. The van der Waals surface area contributed by atoms with Crippen LogP contribution in [0.25, 0.3) is 0 Å². The van der Waals surface area contributed by atoms with Gasteiger partial charge >= 0.3 is 5.97 Å². The number of carbonyl (C=O) groups is 4. The van der Waals surface area contributed by atoms with Crippen molar-refractivity contribution in [3.05, 3.63) is 0 Å². The molecule has 2 atom stereocenters. The van der Waals surface area contributed by atoms with E-state index in [4.69, 9.17) is 10.8 Å². The number of unbranched alkanes of at least 4 members (excludes halogenated alkanes) is 1. The third-order valence-electron chi connectivity index (χ3n) is 2.95. The first-order valence-corrected chi connectivity index (χ1v) is 6.76. The predicted octanol–water partition coefficient (Wildman–Crippen LogP) is -0.532. The predicted molar refractivity (Wildman–Crippen MR) is 75.1 cm³/mol. The lowest BCUT2D eigenvalue weighted by Gasteiger charge is -2.28. The van der Waals surface area contributed by atoms with Crippen molar-refractivity contribution in [3.63, 3.8) is 0 Å². The third kappa shape index (κ3) is 6.35. The standard InChI is InChI=1S/C13H23N3O5/c1-8(13(20)21)15-12(19)11(6-4-5-7-14)16(9(2)17)10(3)18/h8,11H,4-7,14H2,1-3H3,(H,15,19)(H,20,21)/t8-,11-/m0/s1. The van der Waals surface area contributed by atoms with E-state index in [1.54, 1.807) is 0 Å². The van der Waals surface area contributed by atoms with Gasteiger partial charge in [-0.25, -0.2) is 0 Å². The second-order valence-electron chi connectivity index (χ2n) is 4.78. The quantitative estimate of drug-likeness (QED) is 0.517. The molecule has 0 aromatic rings. The average molecular weight is 301 g/mol. The Balaban J connectivity index is 5.10. The summed E-state index contributed by atoms with van der Waals surface area (Å²) in [5, 5.41) is 11.1. The second-order valence-corrected chi connectivity index (χ2v) is 4.78. The van der Waals surface area contributed by atoms with Crippen LogP contribution in [-0.4, -0.2) is 52.3 Å². The zero-order valence-corrected chi connectivity index (χ0v) is 12.6. The Kier molecular flexibility index (Phi) is 8.22. The topological polar surface area (TPSA) is 130 Å². The molecule has 3 amide bonds. The maximum Gasteiger partial charge on any atom is 0.325 e. The van der Waals surface area contributed by atoms with Crippen molar-refractivity contribution in [3.8, 4) is 0 Å². The number of hydrogen-bond donors (Lipinski definition) is 3. The Labute approximate surface area is 123 Å². The molecule has 4 N–H and O–H groups in total. The smallest absolute Gasteiger partial charge is 0.325 e. The highest BCUT2D eigenvalue weighted by Gasteiger charge is 2.31. The van der Waals surface area contributed by atoms with Crippen LogP contribution < -0.4 is 11.1 Å². The zero-order chi connectivity index (χ0) is 16.6. The van der Waals surface area contributed by atoms with E-state index in [1.165, 1.54) is 20.8 Å². The van der Waals surface area contributed by atoms with Gasteiger partial charge in [-0.05, 0) is 32.7 Å². The molecule has 0 aliphatic heterocycles. The summed E-state index contributed by atoms with van der Waals surface area (Å²) < 4.78 is 0. The number of carboxylic acids is 1. The number of rotatable bonds is 8. The SMILES string of the molecule is CC(=O)N(C(C)=O)[C@@H](CCCCN)C(=O)N[C@@H](C)C(=O)O. The van der Waals surface area contributed by atoms with Gasteiger partial charge in [0.2, 0.25) is 17.7 Å². The first kappa shape index (κ1) is 19.0. The molecular weight excluding hydrogens is 278 g/mol. The molecule has 0 unspecified atom stereocenters.